The van der Waals surface area contributed by atoms with E-state index >= 15 is 0 Å². The van der Waals surface area contributed by atoms with Crippen LogP contribution in [0.5, 0.6) is 0 Å². The molecule has 6 heteroatoms. The fourth-order valence-electron chi connectivity index (χ4n) is 1.66. The van der Waals surface area contributed by atoms with Crippen LogP contribution in [0.1, 0.15) is 11.1 Å². The van der Waals surface area contributed by atoms with Gasteiger partial charge in [-0.1, -0.05) is 6.08 Å². The van der Waals surface area contributed by atoms with E-state index in [-0.39, 0.29) is 11.8 Å². The molecule has 0 aliphatic heterocycles. The minimum atomic E-state index is 0.0664. The van der Waals surface area contributed by atoms with Crippen LogP contribution in [0.15, 0.2) is 18.9 Å². The fourth-order valence-corrected chi connectivity index (χ4v) is 1.66. The van der Waals surface area contributed by atoms with Crippen LogP contribution < -0.4 is 11.5 Å². The first-order valence-electron chi connectivity index (χ1n) is 4.89. The van der Waals surface area contributed by atoms with Gasteiger partial charge in [0.25, 0.3) is 0 Å². The van der Waals surface area contributed by atoms with Gasteiger partial charge < -0.3 is 11.5 Å². The number of rotatable bonds is 2. The lowest BCUT2D eigenvalue weighted by Gasteiger charge is -2.07. The maximum absolute atomic E-state index is 9.02. The molecule has 0 saturated carbocycles. The number of pyridine rings is 1. The fraction of sp³-hybridized carbons (Fsp3) is 0.0909. The summed E-state index contributed by atoms with van der Waals surface area (Å²) in [5.74, 6) is 0.297. The number of fused-ring (bicyclic) bond motifs is 1. The molecule has 0 spiro atoms. The first-order valence-corrected chi connectivity index (χ1v) is 4.89. The quantitative estimate of drug-likeness (QED) is 0.731. The molecule has 6 nitrogen and oxygen atoms in total. The second-order valence-electron chi connectivity index (χ2n) is 3.42. The van der Waals surface area contributed by atoms with Crippen LogP contribution in [0.3, 0.4) is 0 Å². The van der Waals surface area contributed by atoms with Gasteiger partial charge >= 0.3 is 0 Å². The summed E-state index contributed by atoms with van der Waals surface area (Å²) >= 11 is 0. The molecule has 4 N–H and O–H groups in total. The third kappa shape index (κ3) is 1.74. The van der Waals surface area contributed by atoms with Crippen LogP contribution in [0.2, 0.25) is 0 Å². The van der Waals surface area contributed by atoms with Crippen molar-refractivity contribution in [2.24, 2.45) is 0 Å². The number of nitrogen functional groups attached to an aromatic ring is 2. The number of nitriles is 1. The average molecular weight is 226 g/mol. The lowest BCUT2D eigenvalue weighted by atomic mass is 10.0. The van der Waals surface area contributed by atoms with Gasteiger partial charge in [-0.2, -0.15) is 15.2 Å². The van der Waals surface area contributed by atoms with Crippen molar-refractivity contribution < 1.29 is 0 Å². The molecule has 0 aliphatic carbocycles. The van der Waals surface area contributed by atoms with E-state index in [1.165, 1.54) is 6.20 Å². The normalized spacial score (nSPS) is 10.1. The van der Waals surface area contributed by atoms with Crippen LogP contribution in [0, 0.1) is 11.3 Å². The highest BCUT2D eigenvalue weighted by Crippen LogP contribution is 2.24. The van der Waals surface area contributed by atoms with Crippen LogP contribution in [0.4, 0.5) is 11.8 Å². The summed E-state index contributed by atoms with van der Waals surface area (Å²) in [7, 11) is 0. The van der Waals surface area contributed by atoms with E-state index in [2.05, 4.69) is 27.6 Å². The maximum atomic E-state index is 9.02. The Labute approximate surface area is 97.6 Å². The van der Waals surface area contributed by atoms with E-state index in [1.54, 1.807) is 6.08 Å². The van der Waals surface area contributed by atoms with Crippen molar-refractivity contribution in [2.45, 2.75) is 6.42 Å². The summed E-state index contributed by atoms with van der Waals surface area (Å²) in [6, 6.07) is 2.06. The number of aromatic nitrogens is 3. The summed E-state index contributed by atoms with van der Waals surface area (Å²) < 4.78 is 0. The minimum Gasteiger partial charge on any atom is -0.383 e. The molecular weight excluding hydrogens is 216 g/mol. The maximum Gasteiger partial charge on any atom is 0.224 e. The molecule has 0 atom stereocenters. The van der Waals surface area contributed by atoms with E-state index < -0.39 is 0 Å². The average Bonchev–Trinajstić information content (AvgIpc) is 2.29. The lowest BCUT2D eigenvalue weighted by Crippen LogP contribution is -2.05. The standard InChI is InChI=1S/C11H10N6/c1-2-3-7-6(4-12)5-15-10-8(7)9(13)16-11(14)17-10/h2,5H,1,3H2,(H4,13,14,15,16,17). The van der Waals surface area contributed by atoms with Gasteiger partial charge in [-0.3, -0.25) is 0 Å². The van der Waals surface area contributed by atoms with E-state index in [9.17, 15) is 0 Å². The van der Waals surface area contributed by atoms with E-state index in [0.29, 0.717) is 23.0 Å². The Morgan fingerprint density at radius 2 is 2.18 bits per heavy atom. The van der Waals surface area contributed by atoms with Crippen molar-refractivity contribution in [1.82, 2.24) is 15.0 Å². The van der Waals surface area contributed by atoms with Gasteiger partial charge in [0.05, 0.1) is 10.9 Å². The third-order valence-electron chi connectivity index (χ3n) is 2.35. The molecule has 17 heavy (non-hydrogen) atoms. The van der Waals surface area contributed by atoms with Gasteiger partial charge in [0.2, 0.25) is 5.95 Å². The molecule has 2 aromatic heterocycles. The predicted octanol–water partition coefficient (Wildman–Crippen LogP) is 0.789. The van der Waals surface area contributed by atoms with Crippen molar-refractivity contribution in [3.05, 3.63) is 30.0 Å². The van der Waals surface area contributed by atoms with Gasteiger partial charge in [-0.25, -0.2) is 4.98 Å². The van der Waals surface area contributed by atoms with Crippen LogP contribution in [-0.4, -0.2) is 15.0 Å². The third-order valence-corrected chi connectivity index (χ3v) is 2.35. The highest BCUT2D eigenvalue weighted by molar-refractivity contribution is 5.90. The Kier molecular flexibility index (Phi) is 2.58. The topological polar surface area (TPSA) is 114 Å². The smallest absolute Gasteiger partial charge is 0.224 e. The van der Waals surface area contributed by atoms with Crippen molar-refractivity contribution in [1.29, 1.82) is 5.26 Å². The molecule has 0 aromatic carbocycles. The van der Waals surface area contributed by atoms with Crippen LogP contribution in [-0.2, 0) is 6.42 Å². The highest BCUT2D eigenvalue weighted by atomic mass is 15.1. The second kappa shape index (κ2) is 4.06. The number of allylic oxidation sites excluding steroid dienone is 1. The molecular formula is C11H10N6. The van der Waals surface area contributed by atoms with Gasteiger partial charge in [0.1, 0.15) is 11.9 Å². The Balaban J connectivity index is 2.89. The van der Waals surface area contributed by atoms with Crippen molar-refractivity contribution in [2.75, 3.05) is 11.5 Å². The zero-order valence-corrected chi connectivity index (χ0v) is 9.01. The van der Waals surface area contributed by atoms with Gasteiger partial charge in [-0.05, 0) is 12.0 Å². The molecule has 2 aromatic rings. The second-order valence-corrected chi connectivity index (χ2v) is 3.42. The number of nitrogens with two attached hydrogens (primary N) is 2. The number of nitrogens with zero attached hydrogens (tertiary/aromatic N) is 4. The molecule has 0 unspecified atom stereocenters. The minimum absolute atomic E-state index is 0.0664. The number of hydrogen-bond donors (Lipinski definition) is 2. The first-order chi connectivity index (χ1) is 8.17. The summed E-state index contributed by atoms with van der Waals surface area (Å²) in [6.07, 6.45) is 3.64. The summed E-state index contributed by atoms with van der Waals surface area (Å²) in [6.45, 7) is 3.65. The van der Waals surface area contributed by atoms with E-state index in [4.69, 9.17) is 16.7 Å². The molecule has 0 amide bonds. The number of anilines is 2. The Hall–Kier alpha value is -2.68. The van der Waals surface area contributed by atoms with Gasteiger partial charge in [0, 0.05) is 6.20 Å². The largest absolute Gasteiger partial charge is 0.383 e. The molecule has 2 heterocycles. The van der Waals surface area contributed by atoms with Crippen molar-refractivity contribution in [3.8, 4) is 6.07 Å². The lowest BCUT2D eigenvalue weighted by molar-refractivity contribution is 1.16. The summed E-state index contributed by atoms with van der Waals surface area (Å²) in [5.41, 5.74) is 12.9. The van der Waals surface area contributed by atoms with Crippen molar-refractivity contribution >= 4 is 22.8 Å². The Morgan fingerprint density at radius 1 is 1.41 bits per heavy atom. The summed E-state index contributed by atoms with van der Waals surface area (Å²) in [5, 5.41) is 9.59. The SMILES string of the molecule is C=CCc1c(C#N)cnc2nc(N)nc(N)c12. The van der Waals surface area contributed by atoms with Crippen LogP contribution >= 0.6 is 0 Å². The Bertz CT molecular complexity index is 640. The monoisotopic (exact) mass is 226 g/mol. The molecule has 84 valence electrons. The molecule has 0 saturated heterocycles. The summed E-state index contributed by atoms with van der Waals surface area (Å²) in [4.78, 5) is 11.9. The molecule has 0 bridgehead atoms. The van der Waals surface area contributed by atoms with Gasteiger partial charge in [-0.15, -0.1) is 6.58 Å². The number of hydrogen-bond acceptors (Lipinski definition) is 6. The zero-order valence-electron chi connectivity index (χ0n) is 9.01. The van der Waals surface area contributed by atoms with E-state index in [0.717, 1.165) is 5.56 Å². The van der Waals surface area contributed by atoms with Gasteiger partial charge in [0.15, 0.2) is 5.65 Å². The molecule has 0 fully saturated rings. The molecule has 0 aliphatic rings. The Morgan fingerprint density at radius 3 is 2.82 bits per heavy atom. The molecule has 2 rings (SSSR count). The zero-order chi connectivity index (χ0) is 12.4. The highest BCUT2D eigenvalue weighted by Gasteiger charge is 2.13. The van der Waals surface area contributed by atoms with Crippen LogP contribution in [0.25, 0.3) is 11.0 Å². The van der Waals surface area contributed by atoms with Crippen molar-refractivity contribution in [3.63, 3.8) is 0 Å². The molecule has 0 radical (unpaired) electrons. The predicted molar refractivity (Wildman–Crippen MR) is 64.8 cm³/mol. The first kappa shape index (κ1) is 10.8. The van der Waals surface area contributed by atoms with E-state index in [1.807, 2.05) is 0 Å².